The predicted molar refractivity (Wildman–Crippen MR) is 84.2 cm³/mol. The fourth-order valence-corrected chi connectivity index (χ4v) is 3.97. The quantitative estimate of drug-likeness (QED) is 0.258. The first-order valence-corrected chi connectivity index (χ1v) is 10.7. The van der Waals surface area contributed by atoms with E-state index in [1.807, 2.05) is 0 Å². The van der Waals surface area contributed by atoms with Gasteiger partial charge in [0.2, 0.25) is 0 Å². The number of rotatable bonds is 12. The molecule has 1 N–H and O–H groups in total. The molecule has 15 heteroatoms. The van der Waals surface area contributed by atoms with Crippen molar-refractivity contribution < 1.29 is 52.9 Å². The maximum Gasteiger partial charge on any atom is 0.470 e. The Hall–Kier alpha value is -0.610. The lowest BCUT2D eigenvalue weighted by atomic mass is 10.3. The van der Waals surface area contributed by atoms with E-state index in [0.717, 1.165) is 0 Å². The van der Waals surface area contributed by atoms with Crippen molar-refractivity contribution in [3.63, 3.8) is 0 Å². The summed E-state index contributed by atoms with van der Waals surface area (Å²) >= 11 is 0. The lowest BCUT2D eigenvalue weighted by Crippen LogP contribution is -2.52. The summed E-state index contributed by atoms with van der Waals surface area (Å²) in [7, 11) is -7.72. The van der Waals surface area contributed by atoms with E-state index in [9.17, 15) is 43.3 Å². The molecule has 0 aromatic carbocycles. The average Bonchev–Trinajstić information content (AvgIpc) is 2.42. The van der Waals surface area contributed by atoms with Crippen molar-refractivity contribution in [1.82, 2.24) is 4.31 Å². The number of aliphatic hydroxyl groups excluding tert-OH is 1. The largest absolute Gasteiger partial charge is 0.748 e. The van der Waals surface area contributed by atoms with Crippen LogP contribution in [0.3, 0.4) is 0 Å². The van der Waals surface area contributed by atoms with Crippen LogP contribution < -0.4 is 0 Å². The summed E-state index contributed by atoms with van der Waals surface area (Å²) in [5.74, 6) is -1.11. The Morgan fingerprint density at radius 2 is 1.44 bits per heavy atom. The van der Waals surface area contributed by atoms with Crippen LogP contribution in [0.1, 0.15) is 12.8 Å². The normalized spacial score (nSPS) is 14.7. The summed E-state index contributed by atoms with van der Waals surface area (Å²) in [5.41, 5.74) is 0. The summed E-state index contributed by atoms with van der Waals surface area (Å²) in [6.07, 6.45) is -7.22. The maximum absolute atomic E-state index is 13.4. The minimum atomic E-state index is -6.36. The van der Waals surface area contributed by atoms with Crippen molar-refractivity contribution in [1.29, 1.82) is 0 Å². The second-order valence-corrected chi connectivity index (χ2v) is 10.00. The molecule has 0 saturated heterocycles. The molecule has 0 unspecified atom stereocenters. The van der Waals surface area contributed by atoms with Crippen LogP contribution in [-0.2, 0) is 20.1 Å². The van der Waals surface area contributed by atoms with Gasteiger partial charge in [-0.25, -0.2) is 16.8 Å². The smallest absolute Gasteiger partial charge is 0.470 e. The van der Waals surface area contributed by atoms with Gasteiger partial charge >= 0.3 is 11.4 Å². The molecule has 0 saturated carbocycles. The molecule has 164 valence electrons. The summed E-state index contributed by atoms with van der Waals surface area (Å²) in [5, 5.41) is 2.83. The first-order chi connectivity index (χ1) is 11.9. The maximum atomic E-state index is 13.4. The Labute approximate surface area is 154 Å². The lowest BCUT2D eigenvalue weighted by Gasteiger charge is -2.31. The summed E-state index contributed by atoms with van der Waals surface area (Å²) < 4.78 is 120. The van der Waals surface area contributed by atoms with Gasteiger partial charge in [-0.05, 0) is 6.42 Å². The number of quaternary nitrogens is 1. The summed E-state index contributed by atoms with van der Waals surface area (Å²) in [4.78, 5) is 0. The Morgan fingerprint density at radius 3 is 1.85 bits per heavy atom. The zero-order chi connectivity index (χ0) is 21.7. The Kier molecular flexibility index (Phi) is 9.05. The molecule has 0 aliphatic carbocycles. The fourth-order valence-electron chi connectivity index (χ4n) is 2.14. The molecule has 0 bridgehead atoms. The molecule has 0 aromatic heterocycles. The molecule has 0 aliphatic heterocycles. The number of halogens is 5. The monoisotopic (exact) mass is 450 g/mol. The van der Waals surface area contributed by atoms with E-state index in [1.165, 1.54) is 0 Å². The molecule has 8 nitrogen and oxygen atoms in total. The minimum absolute atomic E-state index is 0.135. The van der Waals surface area contributed by atoms with E-state index in [0.29, 0.717) is 0 Å². The average molecular weight is 450 g/mol. The van der Waals surface area contributed by atoms with Gasteiger partial charge in [0.05, 0.1) is 37.4 Å². The Balaban J connectivity index is 5.41. The van der Waals surface area contributed by atoms with E-state index >= 15 is 0 Å². The van der Waals surface area contributed by atoms with Gasteiger partial charge in [-0.1, -0.05) is 0 Å². The molecular formula is C12H23F5N2O6S2. The van der Waals surface area contributed by atoms with Gasteiger partial charge in [-0.3, -0.25) is 0 Å². The molecule has 0 radical (unpaired) electrons. The fraction of sp³-hybridized carbons (Fsp3) is 1.00. The third-order valence-corrected chi connectivity index (χ3v) is 6.39. The summed E-state index contributed by atoms with van der Waals surface area (Å²) in [6, 6.07) is 0. The van der Waals surface area contributed by atoms with Crippen molar-refractivity contribution in [2.75, 3.05) is 52.6 Å². The van der Waals surface area contributed by atoms with Crippen molar-refractivity contribution in [3.8, 4) is 0 Å². The third-order valence-electron chi connectivity index (χ3n) is 3.67. The van der Waals surface area contributed by atoms with Crippen molar-refractivity contribution in [2.45, 2.75) is 24.3 Å². The summed E-state index contributed by atoms with van der Waals surface area (Å²) in [6.45, 7) is -1.56. The van der Waals surface area contributed by atoms with Crippen molar-refractivity contribution in [2.24, 2.45) is 0 Å². The molecule has 0 spiro atoms. The van der Waals surface area contributed by atoms with Crippen molar-refractivity contribution >= 4 is 20.1 Å². The molecule has 27 heavy (non-hydrogen) atoms. The highest BCUT2D eigenvalue weighted by Gasteiger charge is 2.68. The van der Waals surface area contributed by atoms with E-state index in [-0.39, 0.29) is 34.9 Å². The van der Waals surface area contributed by atoms with Gasteiger partial charge in [0.1, 0.15) is 6.54 Å². The zero-order valence-corrected chi connectivity index (χ0v) is 16.4. The molecule has 0 rings (SSSR count). The Morgan fingerprint density at radius 1 is 0.963 bits per heavy atom. The van der Waals surface area contributed by atoms with E-state index in [1.54, 1.807) is 14.1 Å². The van der Waals surface area contributed by atoms with Crippen molar-refractivity contribution in [3.05, 3.63) is 0 Å². The highest BCUT2D eigenvalue weighted by molar-refractivity contribution is 7.90. The zero-order valence-electron chi connectivity index (χ0n) is 14.7. The predicted octanol–water partition coefficient (Wildman–Crippen LogP) is 0.167. The van der Waals surface area contributed by atoms with Crippen LogP contribution >= 0.6 is 0 Å². The number of likely N-dealkylation sites (N-methyl/N-ethyl adjacent to an activating group) is 1. The highest BCUT2D eigenvalue weighted by atomic mass is 32.2. The molecule has 0 aromatic rings. The van der Waals surface area contributed by atoms with Gasteiger partial charge < -0.3 is 14.1 Å². The molecule has 0 fully saturated rings. The second kappa shape index (κ2) is 9.26. The number of nitrogens with zero attached hydrogens (tertiary/aromatic N) is 2. The van der Waals surface area contributed by atoms with Crippen LogP contribution in [-0.4, -0.2) is 99.3 Å². The topological polar surface area (TPSA) is 115 Å². The van der Waals surface area contributed by atoms with Gasteiger partial charge in [0.15, 0.2) is 0 Å². The van der Waals surface area contributed by atoms with Crippen LogP contribution in [0.2, 0.25) is 0 Å². The first kappa shape index (κ1) is 26.4. The molecule has 0 atom stereocenters. The van der Waals surface area contributed by atoms with Crippen LogP contribution in [0.15, 0.2) is 0 Å². The van der Waals surface area contributed by atoms with Gasteiger partial charge in [0.25, 0.3) is 10.0 Å². The number of sulfonamides is 1. The van der Waals surface area contributed by atoms with Crippen LogP contribution in [0.5, 0.6) is 0 Å². The SMILES string of the molecule is C[N+](C)(CCO)CCCN(CCCS(=O)(=O)[O-])S(=O)(=O)C(F)(F)C(F)(F)F. The third kappa shape index (κ3) is 8.11. The molecule has 0 aliphatic rings. The second-order valence-electron chi connectivity index (χ2n) is 6.49. The van der Waals surface area contributed by atoms with Gasteiger partial charge in [-0.15, -0.1) is 0 Å². The van der Waals surface area contributed by atoms with Gasteiger partial charge in [0, 0.05) is 25.3 Å². The van der Waals surface area contributed by atoms with Crippen LogP contribution in [0.4, 0.5) is 22.0 Å². The first-order valence-electron chi connectivity index (χ1n) is 7.68. The van der Waals surface area contributed by atoms with E-state index in [2.05, 4.69) is 0 Å². The molecule has 0 heterocycles. The Bertz CT molecular complexity index is 679. The molecular weight excluding hydrogens is 427 g/mol. The highest BCUT2D eigenvalue weighted by Crippen LogP contribution is 2.41. The molecule has 0 amide bonds. The minimum Gasteiger partial charge on any atom is -0.748 e. The number of alkyl halides is 5. The lowest BCUT2D eigenvalue weighted by molar-refractivity contribution is -0.890. The van der Waals surface area contributed by atoms with Crippen LogP contribution in [0, 0.1) is 0 Å². The van der Waals surface area contributed by atoms with Gasteiger partial charge in [-0.2, -0.15) is 26.3 Å². The standard InChI is InChI=1S/C12H23F5N2O6S2/c1-19(2,8-9-20)7-3-5-18(6-4-10-26(21,22)23)27(24,25)12(16,17)11(13,14)15/h20H,3-10H2,1-2H3. The van der Waals surface area contributed by atoms with Crippen LogP contribution in [0.25, 0.3) is 0 Å². The number of hydrogen-bond donors (Lipinski definition) is 1. The van der Waals surface area contributed by atoms with E-state index < -0.39 is 56.8 Å². The van der Waals surface area contributed by atoms with E-state index in [4.69, 9.17) is 5.11 Å². The number of aliphatic hydroxyl groups is 1. The number of hydrogen-bond acceptors (Lipinski definition) is 6.